The number of hydrogen-bond acceptors (Lipinski definition) is 5. The van der Waals surface area contributed by atoms with Crippen molar-refractivity contribution in [2.24, 2.45) is 0 Å². The van der Waals surface area contributed by atoms with Gasteiger partial charge in [-0.3, -0.25) is 0 Å². The molecule has 3 heterocycles. The van der Waals surface area contributed by atoms with Gasteiger partial charge >= 0.3 is 0 Å². The zero-order valence-electron chi connectivity index (χ0n) is 31.1. The lowest BCUT2D eigenvalue weighted by Gasteiger charge is -2.11. The summed E-state index contributed by atoms with van der Waals surface area (Å²) >= 11 is 0. The van der Waals surface area contributed by atoms with Crippen molar-refractivity contribution in [1.29, 1.82) is 0 Å². The van der Waals surface area contributed by atoms with Gasteiger partial charge in [0, 0.05) is 38.2 Å². The Bertz CT molecular complexity index is 3570. The van der Waals surface area contributed by atoms with Crippen LogP contribution in [0.4, 0.5) is 0 Å². The van der Waals surface area contributed by atoms with Gasteiger partial charge in [0.1, 0.15) is 22.3 Å². The van der Waals surface area contributed by atoms with Crippen molar-refractivity contribution >= 4 is 65.4 Å². The van der Waals surface area contributed by atoms with Gasteiger partial charge in [-0.25, -0.2) is 15.0 Å². The van der Waals surface area contributed by atoms with Crippen LogP contribution in [0.25, 0.3) is 122 Å². The van der Waals surface area contributed by atoms with Gasteiger partial charge in [-0.2, -0.15) is 0 Å². The summed E-state index contributed by atoms with van der Waals surface area (Å²) in [5.74, 6) is 1.80. The summed E-state index contributed by atoms with van der Waals surface area (Å²) in [5, 5.41) is 9.16. The highest BCUT2D eigenvalue weighted by atomic mass is 16.3. The third-order valence-corrected chi connectivity index (χ3v) is 11.3. The van der Waals surface area contributed by atoms with E-state index < -0.39 is 0 Å². The van der Waals surface area contributed by atoms with E-state index in [4.69, 9.17) is 23.8 Å². The van der Waals surface area contributed by atoms with Crippen molar-refractivity contribution in [3.05, 3.63) is 188 Å². The summed E-state index contributed by atoms with van der Waals surface area (Å²) in [6.45, 7) is 0. The van der Waals surface area contributed by atoms with Gasteiger partial charge in [-0.05, 0) is 80.2 Å². The molecule has 0 atom stereocenters. The van der Waals surface area contributed by atoms with Crippen LogP contribution in [-0.4, -0.2) is 15.0 Å². The van der Waals surface area contributed by atoms with Crippen LogP contribution in [-0.2, 0) is 0 Å². The number of fused-ring (bicyclic) bond motifs is 9. The molecule has 0 spiro atoms. The molecule has 5 nitrogen and oxygen atoms in total. The predicted molar refractivity (Wildman–Crippen MR) is 237 cm³/mol. The molecule has 9 aromatic carbocycles. The number of rotatable bonds is 5. The van der Waals surface area contributed by atoms with Crippen LogP contribution in [0.2, 0.25) is 0 Å². The average Bonchev–Trinajstić information content (AvgIpc) is 3.87. The maximum absolute atomic E-state index is 6.48. The minimum atomic E-state index is 0.592. The highest BCUT2D eigenvalue weighted by molar-refractivity contribution is 6.17. The van der Waals surface area contributed by atoms with Crippen LogP contribution >= 0.6 is 0 Å². The van der Waals surface area contributed by atoms with E-state index in [1.54, 1.807) is 0 Å². The fourth-order valence-corrected chi connectivity index (χ4v) is 8.63. The topological polar surface area (TPSA) is 65.0 Å². The number of benzene rings is 9. The Kier molecular flexibility index (Phi) is 7.16. The smallest absolute Gasteiger partial charge is 0.164 e. The number of nitrogens with zero attached hydrogens (tertiary/aromatic N) is 3. The fourth-order valence-electron chi connectivity index (χ4n) is 8.63. The second kappa shape index (κ2) is 12.8. The first-order chi connectivity index (χ1) is 28.7. The predicted octanol–water partition coefficient (Wildman–Crippen LogP) is 14.3. The molecule has 0 aliphatic heterocycles. The Morgan fingerprint density at radius 2 is 0.810 bits per heavy atom. The van der Waals surface area contributed by atoms with Crippen LogP contribution in [0, 0.1) is 0 Å². The molecule has 0 fully saturated rings. The molecule has 0 N–H and O–H groups in total. The SMILES string of the molecule is c1ccc(-c2nc(-c3ccc(-c4cccc5oc6ccc(-c7cc8ccccc8c8ccccc78)cc6c45)cc3)nc(-c3cccc4oc5ccccc5c34)n2)cc1. The third-order valence-electron chi connectivity index (χ3n) is 11.3. The lowest BCUT2D eigenvalue weighted by Crippen LogP contribution is -2.00. The van der Waals surface area contributed by atoms with E-state index in [0.717, 1.165) is 77.3 Å². The van der Waals surface area contributed by atoms with Crippen molar-refractivity contribution in [3.63, 3.8) is 0 Å². The molecule has 58 heavy (non-hydrogen) atoms. The lowest BCUT2D eigenvalue weighted by molar-refractivity contribution is 0.668. The van der Waals surface area contributed by atoms with E-state index in [2.05, 4.69) is 127 Å². The maximum Gasteiger partial charge on any atom is 0.164 e. The van der Waals surface area contributed by atoms with Crippen molar-refractivity contribution < 1.29 is 8.83 Å². The molecule has 0 unspecified atom stereocenters. The molecule has 0 aliphatic carbocycles. The lowest BCUT2D eigenvalue weighted by atomic mass is 9.92. The average molecular weight is 742 g/mol. The summed E-state index contributed by atoms with van der Waals surface area (Å²) in [6.07, 6.45) is 0. The second-order valence-corrected chi connectivity index (χ2v) is 14.7. The normalized spacial score (nSPS) is 11.8. The molecule has 0 aliphatic rings. The quantitative estimate of drug-likeness (QED) is 0.164. The van der Waals surface area contributed by atoms with Crippen LogP contribution < -0.4 is 0 Å². The first kappa shape index (κ1) is 32.4. The molecule has 0 amide bonds. The Morgan fingerprint density at radius 1 is 0.276 bits per heavy atom. The van der Waals surface area contributed by atoms with E-state index >= 15 is 0 Å². The van der Waals surface area contributed by atoms with E-state index in [1.165, 1.54) is 27.1 Å². The van der Waals surface area contributed by atoms with Crippen molar-refractivity contribution in [3.8, 4) is 56.4 Å². The Morgan fingerprint density at radius 3 is 1.59 bits per heavy atom. The molecular weight excluding hydrogens is 711 g/mol. The Balaban J connectivity index is 0.989. The van der Waals surface area contributed by atoms with Crippen molar-refractivity contribution in [2.75, 3.05) is 0 Å². The zero-order valence-corrected chi connectivity index (χ0v) is 31.1. The summed E-state index contributed by atoms with van der Waals surface area (Å²) in [7, 11) is 0. The number of aromatic nitrogens is 3. The van der Waals surface area contributed by atoms with Gasteiger partial charge in [-0.15, -0.1) is 0 Å². The van der Waals surface area contributed by atoms with Crippen LogP contribution in [0.5, 0.6) is 0 Å². The molecule has 12 aromatic rings. The highest BCUT2D eigenvalue weighted by Crippen LogP contribution is 2.42. The van der Waals surface area contributed by atoms with Gasteiger partial charge in [0.15, 0.2) is 17.5 Å². The molecule has 0 bridgehead atoms. The van der Waals surface area contributed by atoms with Crippen molar-refractivity contribution in [1.82, 2.24) is 15.0 Å². The van der Waals surface area contributed by atoms with E-state index in [-0.39, 0.29) is 0 Å². The van der Waals surface area contributed by atoms with E-state index in [0.29, 0.717) is 17.5 Å². The summed E-state index contributed by atoms with van der Waals surface area (Å²) < 4.78 is 12.7. The minimum absolute atomic E-state index is 0.592. The minimum Gasteiger partial charge on any atom is -0.456 e. The van der Waals surface area contributed by atoms with E-state index in [1.807, 2.05) is 60.7 Å². The first-order valence-corrected chi connectivity index (χ1v) is 19.4. The molecule has 0 saturated carbocycles. The molecule has 270 valence electrons. The van der Waals surface area contributed by atoms with Gasteiger partial charge in [0.25, 0.3) is 0 Å². The molecule has 5 heteroatoms. The van der Waals surface area contributed by atoms with Crippen LogP contribution in [0.15, 0.2) is 197 Å². The fraction of sp³-hybridized carbons (Fsp3) is 0. The number of hydrogen-bond donors (Lipinski definition) is 0. The van der Waals surface area contributed by atoms with Crippen LogP contribution in [0.3, 0.4) is 0 Å². The highest BCUT2D eigenvalue weighted by Gasteiger charge is 2.19. The standard InChI is InChI=1S/C53H31N3O2/c1-2-12-33(13-3-1)51-54-52(56-53(55-51)42-20-11-23-48-50(42)41-18-8-9-21-45(41)57-48)34-26-24-32(25-27-34)38-19-10-22-47-49(38)44-31-36(28-29-46(44)58-47)43-30-35-14-4-5-15-37(35)39-16-6-7-17-40(39)43/h1-31H. The van der Waals surface area contributed by atoms with Gasteiger partial charge < -0.3 is 8.83 Å². The summed E-state index contributed by atoms with van der Waals surface area (Å²) in [5.41, 5.74) is 10.6. The first-order valence-electron chi connectivity index (χ1n) is 19.4. The van der Waals surface area contributed by atoms with Gasteiger partial charge in [0.2, 0.25) is 0 Å². The zero-order chi connectivity index (χ0) is 38.2. The largest absolute Gasteiger partial charge is 0.456 e. The summed E-state index contributed by atoms with van der Waals surface area (Å²) in [4.78, 5) is 15.2. The van der Waals surface area contributed by atoms with Crippen LogP contribution in [0.1, 0.15) is 0 Å². The Hall–Kier alpha value is -7.89. The number of para-hydroxylation sites is 1. The molecule has 12 rings (SSSR count). The van der Waals surface area contributed by atoms with Crippen molar-refractivity contribution in [2.45, 2.75) is 0 Å². The third kappa shape index (κ3) is 5.14. The molecule has 0 radical (unpaired) electrons. The monoisotopic (exact) mass is 741 g/mol. The second-order valence-electron chi connectivity index (χ2n) is 14.7. The molecule has 3 aromatic heterocycles. The molecule has 0 saturated heterocycles. The van der Waals surface area contributed by atoms with Gasteiger partial charge in [0.05, 0.1) is 0 Å². The number of furan rings is 2. The Labute approximate surface area is 332 Å². The maximum atomic E-state index is 6.48. The van der Waals surface area contributed by atoms with E-state index in [9.17, 15) is 0 Å². The molecular formula is C53H31N3O2. The van der Waals surface area contributed by atoms with Gasteiger partial charge in [-0.1, -0.05) is 152 Å². The summed E-state index contributed by atoms with van der Waals surface area (Å²) in [6, 6.07) is 65.2.